The van der Waals surface area contributed by atoms with Crippen molar-refractivity contribution in [3.05, 3.63) is 40.9 Å². The minimum absolute atomic E-state index is 0.288. The molecule has 0 spiro atoms. The molecule has 0 aliphatic rings. The lowest BCUT2D eigenvalue weighted by Crippen LogP contribution is -1.94. The monoisotopic (exact) mass is 285 g/mol. The Labute approximate surface area is 121 Å². The summed E-state index contributed by atoms with van der Waals surface area (Å²) in [5.41, 5.74) is 2.96. The largest absolute Gasteiger partial charge is 0.409 e. The maximum absolute atomic E-state index is 5.46. The van der Waals surface area contributed by atoms with Crippen LogP contribution < -0.4 is 0 Å². The van der Waals surface area contributed by atoms with Crippen LogP contribution in [0.3, 0.4) is 0 Å². The van der Waals surface area contributed by atoms with Crippen molar-refractivity contribution in [1.82, 2.24) is 15.2 Å². The summed E-state index contributed by atoms with van der Waals surface area (Å²) < 4.78 is 5.46. The van der Waals surface area contributed by atoms with E-state index in [4.69, 9.17) is 21.6 Å². The highest BCUT2D eigenvalue weighted by Gasteiger charge is 2.11. The Morgan fingerprint density at radius 2 is 2.15 bits per heavy atom. The summed E-state index contributed by atoms with van der Waals surface area (Å²) in [6.45, 7) is 2.18. The maximum Gasteiger partial charge on any atom is 0.284 e. The molecule has 0 unspecified atom stereocenters. The zero-order chi connectivity index (χ0) is 13.9. The number of hydrogen-bond acceptors (Lipinski definition) is 4. The predicted molar refractivity (Wildman–Crippen MR) is 81.0 cm³/mol. The van der Waals surface area contributed by atoms with Crippen molar-refractivity contribution in [3.63, 3.8) is 0 Å². The first-order valence-electron chi connectivity index (χ1n) is 6.72. The second-order valence-electron chi connectivity index (χ2n) is 4.70. The smallest absolute Gasteiger partial charge is 0.284 e. The molecule has 5 heteroatoms. The summed E-state index contributed by atoms with van der Waals surface area (Å²) in [5, 5.41) is 7.83. The minimum atomic E-state index is 0.288. The summed E-state index contributed by atoms with van der Waals surface area (Å²) in [5.74, 6) is 0.520. The first-order chi connectivity index (χ1) is 9.78. The van der Waals surface area contributed by atoms with Crippen LogP contribution >= 0.6 is 12.2 Å². The molecular formula is C15H15N3OS. The molecule has 3 rings (SSSR count). The van der Waals surface area contributed by atoms with Gasteiger partial charge in [0.25, 0.3) is 4.84 Å². The zero-order valence-electron chi connectivity index (χ0n) is 11.2. The lowest BCUT2D eigenvalue weighted by molar-refractivity contribution is 0.552. The van der Waals surface area contributed by atoms with Crippen molar-refractivity contribution in [3.8, 4) is 11.5 Å². The highest BCUT2D eigenvalue weighted by molar-refractivity contribution is 7.71. The van der Waals surface area contributed by atoms with Gasteiger partial charge in [-0.1, -0.05) is 31.5 Å². The fourth-order valence-electron chi connectivity index (χ4n) is 2.24. The topological polar surface area (TPSA) is 54.7 Å². The van der Waals surface area contributed by atoms with Gasteiger partial charge in [-0.05, 0) is 37.2 Å². The van der Waals surface area contributed by atoms with Gasteiger partial charge in [-0.3, -0.25) is 4.98 Å². The summed E-state index contributed by atoms with van der Waals surface area (Å²) in [7, 11) is 0. The van der Waals surface area contributed by atoms with Gasteiger partial charge in [0, 0.05) is 16.6 Å². The molecule has 0 atom stereocenters. The molecule has 2 heterocycles. The summed E-state index contributed by atoms with van der Waals surface area (Å²) in [6.07, 6.45) is 3.22. The lowest BCUT2D eigenvalue weighted by Gasteiger charge is -2.06. The third-order valence-corrected chi connectivity index (χ3v) is 3.40. The van der Waals surface area contributed by atoms with E-state index in [1.54, 1.807) is 0 Å². The molecule has 0 aliphatic carbocycles. The van der Waals surface area contributed by atoms with Gasteiger partial charge in [-0.25, -0.2) is 5.10 Å². The number of aromatic nitrogens is 3. The minimum Gasteiger partial charge on any atom is -0.409 e. The average Bonchev–Trinajstić information content (AvgIpc) is 2.90. The van der Waals surface area contributed by atoms with Crippen molar-refractivity contribution in [2.75, 3.05) is 0 Å². The number of para-hydroxylation sites is 1. The van der Waals surface area contributed by atoms with Gasteiger partial charge in [-0.2, -0.15) is 0 Å². The third kappa shape index (κ3) is 2.49. The van der Waals surface area contributed by atoms with Crippen LogP contribution in [-0.4, -0.2) is 15.2 Å². The number of hydrogen-bond donors (Lipinski definition) is 1. The summed E-state index contributed by atoms with van der Waals surface area (Å²) >= 11 is 4.96. The number of nitrogens with zero attached hydrogens (tertiary/aromatic N) is 2. The molecule has 0 aliphatic heterocycles. The van der Waals surface area contributed by atoms with Crippen LogP contribution in [0.5, 0.6) is 0 Å². The quantitative estimate of drug-likeness (QED) is 0.726. The first kappa shape index (κ1) is 13.0. The van der Waals surface area contributed by atoms with Crippen LogP contribution in [0.1, 0.15) is 25.5 Å². The third-order valence-electron chi connectivity index (χ3n) is 3.22. The maximum atomic E-state index is 5.46. The standard InChI is InChI=1S/C15H15N3OS/c1-2-3-6-10-9-12(14-17-18-15(20)19-14)11-7-4-5-8-13(11)16-10/h4-5,7-9H,2-3,6H2,1H3,(H,18,20). The number of rotatable bonds is 4. The Balaban J connectivity index is 2.19. The Hall–Kier alpha value is -2.01. The predicted octanol–water partition coefficient (Wildman–Crippen LogP) is 4.29. The van der Waals surface area contributed by atoms with Gasteiger partial charge in [-0.15, -0.1) is 5.10 Å². The molecule has 2 aromatic heterocycles. The van der Waals surface area contributed by atoms with E-state index in [0.717, 1.165) is 41.4 Å². The number of nitrogens with one attached hydrogen (secondary N) is 1. The van der Waals surface area contributed by atoms with E-state index < -0.39 is 0 Å². The zero-order valence-corrected chi connectivity index (χ0v) is 12.0. The van der Waals surface area contributed by atoms with Crippen molar-refractivity contribution in [2.45, 2.75) is 26.2 Å². The van der Waals surface area contributed by atoms with Gasteiger partial charge in [0.15, 0.2) is 0 Å². The molecule has 0 saturated heterocycles. The van der Waals surface area contributed by atoms with Crippen molar-refractivity contribution >= 4 is 23.1 Å². The number of aromatic amines is 1. The fourth-order valence-corrected chi connectivity index (χ4v) is 2.36. The van der Waals surface area contributed by atoms with Crippen LogP contribution in [0.2, 0.25) is 0 Å². The SMILES string of the molecule is CCCCc1cc(-c2n[nH]c(=S)o2)c2ccccc2n1. The molecule has 0 radical (unpaired) electrons. The molecule has 4 nitrogen and oxygen atoms in total. The Morgan fingerprint density at radius 1 is 1.30 bits per heavy atom. The van der Waals surface area contributed by atoms with E-state index in [0.29, 0.717) is 5.89 Å². The van der Waals surface area contributed by atoms with Gasteiger partial charge < -0.3 is 4.42 Å². The number of H-pyrrole nitrogens is 1. The van der Waals surface area contributed by atoms with E-state index >= 15 is 0 Å². The van der Waals surface area contributed by atoms with Crippen LogP contribution in [0, 0.1) is 4.84 Å². The van der Waals surface area contributed by atoms with Crippen LogP contribution in [0.4, 0.5) is 0 Å². The van der Waals surface area contributed by atoms with E-state index in [1.807, 2.05) is 30.3 Å². The Kier molecular flexibility index (Phi) is 3.60. The molecule has 102 valence electrons. The summed E-state index contributed by atoms with van der Waals surface area (Å²) in [6, 6.07) is 10.1. The summed E-state index contributed by atoms with van der Waals surface area (Å²) in [4.78, 5) is 4.99. The van der Waals surface area contributed by atoms with Crippen LogP contribution in [0.25, 0.3) is 22.4 Å². The highest BCUT2D eigenvalue weighted by Crippen LogP contribution is 2.27. The fraction of sp³-hybridized carbons (Fsp3) is 0.267. The number of benzene rings is 1. The van der Waals surface area contributed by atoms with E-state index in [-0.39, 0.29) is 4.84 Å². The Morgan fingerprint density at radius 3 is 2.90 bits per heavy atom. The molecule has 1 N–H and O–H groups in total. The van der Waals surface area contributed by atoms with E-state index in [9.17, 15) is 0 Å². The number of pyridine rings is 1. The lowest BCUT2D eigenvalue weighted by atomic mass is 10.1. The number of aryl methyl sites for hydroxylation is 1. The van der Waals surface area contributed by atoms with Gasteiger partial charge in [0.2, 0.25) is 5.89 Å². The number of fused-ring (bicyclic) bond motifs is 1. The van der Waals surface area contributed by atoms with Gasteiger partial charge >= 0.3 is 0 Å². The van der Waals surface area contributed by atoms with Crippen molar-refractivity contribution in [1.29, 1.82) is 0 Å². The second kappa shape index (κ2) is 5.54. The molecule has 0 fully saturated rings. The molecule has 20 heavy (non-hydrogen) atoms. The van der Waals surface area contributed by atoms with Gasteiger partial charge in [0.1, 0.15) is 0 Å². The van der Waals surface area contributed by atoms with Gasteiger partial charge in [0.05, 0.1) is 5.52 Å². The van der Waals surface area contributed by atoms with Crippen molar-refractivity contribution < 1.29 is 4.42 Å². The van der Waals surface area contributed by atoms with Crippen molar-refractivity contribution in [2.24, 2.45) is 0 Å². The molecule has 0 bridgehead atoms. The van der Waals surface area contributed by atoms with Crippen LogP contribution in [0.15, 0.2) is 34.7 Å². The first-order valence-corrected chi connectivity index (χ1v) is 7.13. The normalized spacial score (nSPS) is 11.1. The van der Waals surface area contributed by atoms with E-state index in [1.165, 1.54) is 0 Å². The molecule has 0 amide bonds. The molecule has 0 saturated carbocycles. The van der Waals surface area contributed by atoms with E-state index in [2.05, 4.69) is 17.1 Å². The molecular weight excluding hydrogens is 270 g/mol. The Bertz CT molecular complexity index is 791. The highest BCUT2D eigenvalue weighted by atomic mass is 32.1. The molecule has 1 aromatic carbocycles. The van der Waals surface area contributed by atoms with Crippen LogP contribution in [-0.2, 0) is 6.42 Å². The molecule has 3 aromatic rings. The second-order valence-corrected chi connectivity index (χ2v) is 5.07. The average molecular weight is 285 g/mol. The number of unbranched alkanes of at least 4 members (excludes halogenated alkanes) is 1.